The van der Waals surface area contributed by atoms with E-state index in [1.807, 2.05) is 30.3 Å². The average molecular weight is 271 g/mol. The van der Waals surface area contributed by atoms with Crippen LogP contribution >= 0.6 is 0 Å². The molecule has 0 aliphatic heterocycles. The Hall–Kier alpha value is -2.14. The lowest BCUT2D eigenvalue weighted by molar-refractivity contribution is 0.241. The van der Waals surface area contributed by atoms with Crippen LogP contribution in [0.25, 0.3) is 0 Å². The van der Waals surface area contributed by atoms with E-state index in [4.69, 9.17) is 5.73 Å². The smallest absolute Gasteiger partial charge is 0.349 e. The normalized spacial score (nSPS) is 24.6. The highest BCUT2D eigenvalue weighted by atomic mass is 16.3. The lowest BCUT2D eigenvalue weighted by Gasteiger charge is -2.15. The summed E-state index contributed by atoms with van der Waals surface area (Å²) in [4.78, 5) is 15.5. The maximum absolute atomic E-state index is 11.7. The molecular weight excluding hydrogens is 254 g/mol. The molecule has 5 nitrogen and oxygen atoms in total. The second-order valence-corrected chi connectivity index (χ2v) is 5.37. The lowest BCUT2D eigenvalue weighted by Crippen LogP contribution is -2.26. The summed E-state index contributed by atoms with van der Waals surface area (Å²) in [6.45, 7) is 0.653. The van der Waals surface area contributed by atoms with Crippen LogP contribution in [-0.4, -0.2) is 21.3 Å². The molecular formula is C15H17N3O2. The standard InChI is InChI=1S/C15H17N3O2/c16-13-6-7-18(14(20)17-13)9-12-8-15(12,10-19)11-4-2-1-3-5-11/h1-7,12,19H,8-10H2,(H2,16,17,20)/t12-,15-/m1/s1. The Labute approximate surface area is 116 Å². The van der Waals surface area contributed by atoms with Crippen molar-refractivity contribution < 1.29 is 5.11 Å². The SMILES string of the molecule is Nc1ccn(C[C@H]2C[C@@]2(CO)c2ccccc2)c(=O)n1. The molecule has 1 fully saturated rings. The molecule has 0 radical (unpaired) electrons. The van der Waals surface area contributed by atoms with Gasteiger partial charge in [0.25, 0.3) is 0 Å². The van der Waals surface area contributed by atoms with Crippen molar-refractivity contribution in [3.63, 3.8) is 0 Å². The maximum atomic E-state index is 11.7. The second-order valence-electron chi connectivity index (χ2n) is 5.37. The molecule has 0 unspecified atom stereocenters. The summed E-state index contributed by atoms with van der Waals surface area (Å²) < 4.78 is 1.56. The number of rotatable bonds is 4. The van der Waals surface area contributed by atoms with E-state index in [0.717, 1.165) is 12.0 Å². The number of aromatic nitrogens is 2. The van der Waals surface area contributed by atoms with E-state index < -0.39 is 0 Å². The van der Waals surface area contributed by atoms with Gasteiger partial charge in [-0.05, 0) is 24.0 Å². The molecule has 0 amide bonds. The fourth-order valence-electron chi connectivity index (χ4n) is 2.85. The molecule has 1 heterocycles. The van der Waals surface area contributed by atoms with Gasteiger partial charge in [0.05, 0.1) is 6.61 Å². The summed E-state index contributed by atoms with van der Waals surface area (Å²) in [7, 11) is 0. The van der Waals surface area contributed by atoms with Crippen molar-refractivity contribution in [3.05, 3.63) is 58.6 Å². The van der Waals surface area contributed by atoms with Crippen LogP contribution in [0, 0.1) is 5.92 Å². The van der Waals surface area contributed by atoms with Gasteiger partial charge in [-0.2, -0.15) is 4.98 Å². The molecule has 0 spiro atoms. The lowest BCUT2D eigenvalue weighted by atomic mass is 9.94. The number of nitrogens with zero attached hydrogens (tertiary/aromatic N) is 2. The Morgan fingerprint density at radius 1 is 1.35 bits per heavy atom. The molecule has 1 aliphatic rings. The van der Waals surface area contributed by atoms with E-state index in [0.29, 0.717) is 6.54 Å². The highest BCUT2D eigenvalue weighted by Crippen LogP contribution is 2.54. The molecule has 5 heteroatoms. The highest BCUT2D eigenvalue weighted by molar-refractivity contribution is 5.34. The van der Waals surface area contributed by atoms with Gasteiger partial charge >= 0.3 is 5.69 Å². The van der Waals surface area contributed by atoms with E-state index in [2.05, 4.69) is 4.98 Å². The van der Waals surface area contributed by atoms with Crippen LogP contribution in [0.15, 0.2) is 47.4 Å². The van der Waals surface area contributed by atoms with Crippen molar-refractivity contribution in [1.82, 2.24) is 9.55 Å². The number of aliphatic hydroxyl groups is 1. The molecule has 3 N–H and O–H groups in total. The van der Waals surface area contributed by atoms with Crippen molar-refractivity contribution in [3.8, 4) is 0 Å². The molecule has 0 bridgehead atoms. The summed E-state index contributed by atoms with van der Waals surface area (Å²) in [5.74, 6) is 0.483. The molecule has 1 aromatic carbocycles. The van der Waals surface area contributed by atoms with Crippen LogP contribution in [-0.2, 0) is 12.0 Å². The molecule has 1 aliphatic carbocycles. The van der Waals surface area contributed by atoms with Gasteiger partial charge in [-0.1, -0.05) is 30.3 Å². The number of nitrogen functional groups attached to an aromatic ring is 1. The molecule has 0 saturated heterocycles. The van der Waals surface area contributed by atoms with E-state index in [9.17, 15) is 9.90 Å². The summed E-state index contributed by atoms with van der Waals surface area (Å²) >= 11 is 0. The van der Waals surface area contributed by atoms with Gasteiger partial charge < -0.3 is 10.8 Å². The fraction of sp³-hybridized carbons (Fsp3) is 0.333. The first-order valence-corrected chi connectivity index (χ1v) is 6.65. The number of aliphatic hydroxyl groups excluding tert-OH is 1. The summed E-state index contributed by atoms with van der Waals surface area (Å²) in [5, 5.41) is 9.75. The zero-order valence-corrected chi connectivity index (χ0v) is 11.1. The quantitative estimate of drug-likeness (QED) is 0.861. The molecule has 20 heavy (non-hydrogen) atoms. The molecule has 1 saturated carbocycles. The maximum Gasteiger partial charge on any atom is 0.349 e. The summed E-state index contributed by atoms with van der Waals surface area (Å²) in [6.07, 6.45) is 2.54. The van der Waals surface area contributed by atoms with E-state index in [1.54, 1.807) is 16.8 Å². The third-order valence-corrected chi connectivity index (χ3v) is 4.18. The van der Waals surface area contributed by atoms with E-state index >= 15 is 0 Å². The van der Waals surface area contributed by atoms with Crippen LogP contribution in [0.1, 0.15) is 12.0 Å². The van der Waals surface area contributed by atoms with Gasteiger partial charge in [0.1, 0.15) is 5.82 Å². The minimum absolute atomic E-state index is 0.0961. The second kappa shape index (κ2) is 4.76. The van der Waals surface area contributed by atoms with E-state index in [1.165, 1.54) is 0 Å². The third kappa shape index (κ3) is 2.10. The van der Waals surface area contributed by atoms with Crippen molar-refractivity contribution in [2.75, 3.05) is 12.3 Å². The Kier molecular flexibility index (Phi) is 3.06. The zero-order chi connectivity index (χ0) is 14.2. The third-order valence-electron chi connectivity index (χ3n) is 4.18. The minimum Gasteiger partial charge on any atom is -0.395 e. The average Bonchev–Trinajstić information content (AvgIpc) is 3.17. The largest absolute Gasteiger partial charge is 0.395 e. The molecule has 2 atom stereocenters. The number of benzene rings is 1. The monoisotopic (exact) mass is 271 g/mol. The number of hydrogen-bond acceptors (Lipinski definition) is 4. The number of anilines is 1. The summed E-state index contributed by atoms with van der Waals surface area (Å²) in [6, 6.07) is 11.6. The van der Waals surface area contributed by atoms with Crippen molar-refractivity contribution in [1.29, 1.82) is 0 Å². The van der Waals surface area contributed by atoms with Crippen LogP contribution in [0.5, 0.6) is 0 Å². The van der Waals surface area contributed by atoms with Crippen molar-refractivity contribution >= 4 is 5.82 Å². The van der Waals surface area contributed by atoms with Gasteiger partial charge in [0.2, 0.25) is 0 Å². The van der Waals surface area contributed by atoms with Gasteiger partial charge in [-0.25, -0.2) is 4.79 Å². The minimum atomic E-state index is -0.336. The first-order chi connectivity index (χ1) is 9.65. The molecule has 104 valence electrons. The van der Waals surface area contributed by atoms with Crippen LogP contribution < -0.4 is 11.4 Å². The molecule has 2 aromatic rings. The number of nitrogens with two attached hydrogens (primary N) is 1. The van der Waals surface area contributed by atoms with Crippen LogP contribution in [0.2, 0.25) is 0 Å². The van der Waals surface area contributed by atoms with Crippen LogP contribution in [0.3, 0.4) is 0 Å². The van der Waals surface area contributed by atoms with Crippen molar-refractivity contribution in [2.24, 2.45) is 5.92 Å². The van der Waals surface area contributed by atoms with Gasteiger partial charge in [0, 0.05) is 18.2 Å². The zero-order valence-electron chi connectivity index (χ0n) is 11.1. The molecule has 1 aromatic heterocycles. The summed E-state index contributed by atoms with van der Waals surface area (Å²) in [5.41, 5.74) is 6.05. The van der Waals surface area contributed by atoms with Gasteiger partial charge in [-0.3, -0.25) is 4.57 Å². The van der Waals surface area contributed by atoms with Gasteiger partial charge in [0.15, 0.2) is 0 Å². The first kappa shape index (κ1) is 12.9. The Bertz CT molecular complexity index is 668. The van der Waals surface area contributed by atoms with Gasteiger partial charge in [-0.15, -0.1) is 0 Å². The van der Waals surface area contributed by atoms with Crippen molar-refractivity contribution in [2.45, 2.75) is 18.4 Å². The topological polar surface area (TPSA) is 81.1 Å². The Morgan fingerprint density at radius 3 is 2.75 bits per heavy atom. The highest BCUT2D eigenvalue weighted by Gasteiger charge is 2.54. The molecule has 3 rings (SSSR count). The fourth-order valence-corrected chi connectivity index (χ4v) is 2.85. The Balaban J connectivity index is 1.82. The first-order valence-electron chi connectivity index (χ1n) is 6.65. The van der Waals surface area contributed by atoms with E-state index in [-0.39, 0.29) is 29.4 Å². The number of hydrogen-bond donors (Lipinski definition) is 2. The van der Waals surface area contributed by atoms with Crippen LogP contribution in [0.4, 0.5) is 5.82 Å². The predicted octanol–water partition coefficient (Wildman–Crippen LogP) is 0.776. The predicted molar refractivity (Wildman–Crippen MR) is 76.2 cm³/mol. The Morgan fingerprint density at radius 2 is 2.10 bits per heavy atom.